The van der Waals surface area contributed by atoms with Gasteiger partial charge < -0.3 is 15.5 Å². The molecule has 3 aromatic heterocycles. The molecule has 0 spiro atoms. The van der Waals surface area contributed by atoms with Crippen LogP contribution < -0.4 is 11.1 Å². The number of nitrogens with zero attached hydrogens (tertiary/aromatic N) is 4. The Morgan fingerprint density at radius 1 is 1.06 bits per heavy atom. The van der Waals surface area contributed by atoms with Gasteiger partial charge in [0.05, 0.1) is 12.0 Å². The molecule has 0 atom stereocenters. The smallest absolute Gasteiger partial charge is 0.291 e. The minimum Gasteiger partial charge on any atom is -0.459 e. The summed E-state index contributed by atoms with van der Waals surface area (Å²) < 4.78 is 5.13. The predicted molar refractivity (Wildman–Crippen MR) is 118 cm³/mol. The number of nitrogens with one attached hydrogen (secondary N) is 1. The number of nitrogen functional groups attached to an aromatic ring is 1. The van der Waals surface area contributed by atoms with Gasteiger partial charge in [-0.25, -0.2) is 19.9 Å². The van der Waals surface area contributed by atoms with E-state index in [2.05, 4.69) is 25.3 Å². The molecule has 152 valence electrons. The van der Waals surface area contributed by atoms with Gasteiger partial charge in [0.25, 0.3) is 5.91 Å². The molecule has 1 amide bonds. The second kappa shape index (κ2) is 7.66. The molecule has 4 heterocycles. The molecule has 1 aliphatic heterocycles. The topological polar surface area (TPSA) is 119 Å². The number of pyridine rings is 1. The fourth-order valence-corrected chi connectivity index (χ4v) is 3.53. The Hall–Kier alpha value is -4.04. The minimum atomic E-state index is -0.341. The summed E-state index contributed by atoms with van der Waals surface area (Å²) in [7, 11) is 0. The van der Waals surface area contributed by atoms with Crippen LogP contribution in [-0.4, -0.2) is 26.6 Å². The number of furan rings is 1. The first kappa shape index (κ1) is 19.0. The Morgan fingerprint density at radius 2 is 1.87 bits per heavy atom. The van der Waals surface area contributed by atoms with Crippen molar-refractivity contribution >= 4 is 40.7 Å². The van der Waals surface area contributed by atoms with E-state index in [-0.39, 0.29) is 17.6 Å². The molecular formula is C22H15ClN6O2. The van der Waals surface area contributed by atoms with Crippen molar-refractivity contribution < 1.29 is 9.21 Å². The number of hydrogen-bond acceptors (Lipinski definition) is 7. The molecule has 8 nitrogen and oxygen atoms in total. The summed E-state index contributed by atoms with van der Waals surface area (Å²) in [5.41, 5.74) is 10.3. The van der Waals surface area contributed by atoms with Gasteiger partial charge in [0.2, 0.25) is 5.95 Å². The van der Waals surface area contributed by atoms with Gasteiger partial charge in [0.1, 0.15) is 0 Å². The van der Waals surface area contributed by atoms with Crippen molar-refractivity contribution in [1.82, 2.24) is 15.0 Å². The number of carbonyl (C=O) groups is 1. The normalized spacial score (nSPS) is 12.4. The van der Waals surface area contributed by atoms with Gasteiger partial charge >= 0.3 is 0 Å². The lowest BCUT2D eigenvalue weighted by molar-refractivity contribution is 0.0996. The van der Waals surface area contributed by atoms with Crippen LogP contribution in [0.5, 0.6) is 0 Å². The van der Waals surface area contributed by atoms with Crippen molar-refractivity contribution in [3.05, 3.63) is 83.2 Å². The summed E-state index contributed by atoms with van der Waals surface area (Å²) in [4.78, 5) is 29.4. The quantitative estimate of drug-likeness (QED) is 0.498. The van der Waals surface area contributed by atoms with Crippen LogP contribution in [0.25, 0.3) is 11.1 Å². The SMILES string of the molecule is Nc1ncc(-c2cnc3c(c2)CC(c2cc(NC(=O)c4ccco4)ccc2Cl)=N3)cn1. The van der Waals surface area contributed by atoms with Crippen LogP contribution in [0.1, 0.15) is 21.7 Å². The summed E-state index contributed by atoms with van der Waals surface area (Å²) in [6, 6.07) is 10.5. The van der Waals surface area contributed by atoms with Crippen molar-refractivity contribution in [1.29, 1.82) is 0 Å². The third kappa shape index (κ3) is 3.76. The molecule has 3 N–H and O–H groups in total. The number of benzene rings is 1. The summed E-state index contributed by atoms with van der Waals surface area (Å²) in [5.74, 6) is 0.741. The molecule has 0 radical (unpaired) electrons. The van der Waals surface area contributed by atoms with E-state index in [0.29, 0.717) is 22.9 Å². The summed E-state index contributed by atoms with van der Waals surface area (Å²) in [6.45, 7) is 0. The van der Waals surface area contributed by atoms with Crippen LogP contribution in [0.3, 0.4) is 0 Å². The van der Waals surface area contributed by atoms with Gasteiger partial charge in [0, 0.05) is 58.0 Å². The molecule has 9 heteroatoms. The largest absolute Gasteiger partial charge is 0.459 e. The average Bonchev–Trinajstić information content (AvgIpc) is 3.45. The number of carbonyl (C=O) groups excluding carboxylic acids is 1. The molecule has 4 aromatic rings. The van der Waals surface area contributed by atoms with Gasteiger partial charge in [-0.1, -0.05) is 11.6 Å². The van der Waals surface area contributed by atoms with Crippen LogP contribution in [0.15, 0.2) is 70.7 Å². The van der Waals surface area contributed by atoms with Crippen molar-refractivity contribution in [3.63, 3.8) is 0 Å². The molecule has 31 heavy (non-hydrogen) atoms. The highest BCUT2D eigenvalue weighted by atomic mass is 35.5. The van der Waals surface area contributed by atoms with E-state index >= 15 is 0 Å². The zero-order valence-electron chi connectivity index (χ0n) is 16.0. The van der Waals surface area contributed by atoms with Gasteiger partial charge in [-0.2, -0.15) is 0 Å². The third-order valence-corrected chi connectivity index (χ3v) is 5.16. The molecule has 0 unspecified atom stereocenters. The lowest BCUT2D eigenvalue weighted by atomic mass is 10.0. The van der Waals surface area contributed by atoms with E-state index in [1.807, 2.05) is 6.07 Å². The first-order chi connectivity index (χ1) is 15.1. The average molecular weight is 431 g/mol. The maximum Gasteiger partial charge on any atom is 0.291 e. The number of aromatic nitrogens is 3. The Labute approximate surface area is 181 Å². The molecule has 0 saturated heterocycles. The van der Waals surface area contributed by atoms with Gasteiger partial charge in [0.15, 0.2) is 11.6 Å². The number of amides is 1. The zero-order chi connectivity index (χ0) is 21.4. The first-order valence-corrected chi connectivity index (χ1v) is 9.74. The lowest BCUT2D eigenvalue weighted by Gasteiger charge is -2.08. The summed E-state index contributed by atoms with van der Waals surface area (Å²) in [5, 5.41) is 3.34. The van der Waals surface area contributed by atoms with E-state index < -0.39 is 0 Å². The van der Waals surface area contributed by atoms with Gasteiger partial charge in [-0.3, -0.25) is 4.79 Å². The van der Waals surface area contributed by atoms with Crippen LogP contribution in [0.2, 0.25) is 5.02 Å². The molecule has 5 rings (SSSR count). The molecule has 1 aliphatic rings. The van der Waals surface area contributed by atoms with Gasteiger partial charge in [-0.05, 0) is 36.4 Å². The maximum absolute atomic E-state index is 12.3. The highest BCUT2D eigenvalue weighted by Gasteiger charge is 2.21. The monoisotopic (exact) mass is 430 g/mol. The Kier molecular flexibility index (Phi) is 4.68. The van der Waals surface area contributed by atoms with Crippen molar-refractivity contribution in [2.24, 2.45) is 4.99 Å². The number of rotatable bonds is 4. The number of aliphatic imine (C=N–C) groups is 1. The van der Waals surface area contributed by atoms with Crippen molar-refractivity contribution in [2.75, 3.05) is 11.1 Å². The number of halogens is 1. The second-order valence-electron chi connectivity index (χ2n) is 6.90. The van der Waals surface area contributed by atoms with Gasteiger partial charge in [-0.15, -0.1) is 0 Å². The fourth-order valence-electron chi connectivity index (χ4n) is 3.31. The van der Waals surface area contributed by atoms with Crippen LogP contribution in [0, 0.1) is 0 Å². The Morgan fingerprint density at radius 3 is 2.65 bits per heavy atom. The van der Waals surface area contributed by atoms with E-state index in [9.17, 15) is 4.79 Å². The summed E-state index contributed by atoms with van der Waals surface area (Å²) >= 11 is 6.44. The third-order valence-electron chi connectivity index (χ3n) is 4.83. The maximum atomic E-state index is 12.3. The second-order valence-corrected chi connectivity index (χ2v) is 7.31. The standard InChI is InChI=1S/C22H15ClN6O2/c23-17-4-3-15(28-21(30)19-2-1-5-31-19)8-16(17)18-7-12-6-13(9-25-20(12)29-18)14-10-26-22(24)27-11-14/h1-6,8-11H,7H2,(H,28,30)(H2,24,26,27). The van der Waals surface area contributed by atoms with E-state index in [0.717, 1.165) is 28.0 Å². The first-order valence-electron chi connectivity index (χ1n) is 9.36. The zero-order valence-corrected chi connectivity index (χ0v) is 16.8. The van der Waals surface area contributed by atoms with Crippen molar-refractivity contribution in [2.45, 2.75) is 6.42 Å². The molecule has 0 bridgehead atoms. The highest BCUT2D eigenvalue weighted by molar-refractivity contribution is 6.34. The molecule has 1 aromatic carbocycles. The number of nitrogens with two attached hydrogens (primary N) is 1. The number of fused-ring (bicyclic) bond motifs is 1. The number of anilines is 2. The van der Waals surface area contributed by atoms with Crippen LogP contribution >= 0.6 is 11.6 Å². The van der Waals surface area contributed by atoms with Crippen LogP contribution in [-0.2, 0) is 6.42 Å². The molecule has 0 saturated carbocycles. The minimum absolute atomic E-state index is 0.220. The fraction of sp³-hybridized carbons (Fsp3) is 0.0455. The van der Waals surface area contributed by atoms with Crippen molar-refractivity contribution in [3.8, 4) is 11.1 Å². The van der Waals surface area contributed by atoms with Crippen LogP contribution in [0.4, 0.5) is 17.5 Å². The predicted octanol–water partition coefficient (Wildman–Crippen LogP) is 4.30. The summed E-state index contributed by atoms with van der Waals surface area (Å²) in [6.07, 6.45) is 7.04. The molecule has 0 aliphatic carbocycles. The Balaban J connectivity index is 1.40. The van der Waals surface area contributed by atoms with E-state index in [1.54, 1.807) is 48.9 Å². The number of hydrogen-bond donors (Lipinski definition) is 2. The lowest BCUT2D eigenvalue weighted by Crippen LogP contribution is -2.11. The van der Waals surface area contributed by atoms with E-state index in [1.165, 1.54) is 6.26 Å². The molecular weight excluding hydrogens is 416 g/mol. The van der Waals surface area contributed by atoms with E-state index in [4.69, 9.17) is 21.8 Å². The molecule has 0 fully saturated rings. The Bertz CT molecular complexity index is 1320. The highest BCUT2D eigenvalue weighted by Crippen LogP contribution is 2.33.